The van der Waals surface area contributed by atoms with E-state index in [2.05, 4.69) is 5.32 Å². The van der Waals surface area contributed by atoms with E-state index >= 15 is 0 Å². The Morgan fingerprint density at radius 1 is 1.46 bits per heavy atom. The predicted molar refractivity (Wildman–Crippen MR) is 52.0 cm³/mol. The number of hydrogen-bond acceptors (Lipinski definition) is 3. The maximum Gasteiger partial charge on any atom is 0.225 e. The summed E-state index contributed by atoms with van der Waals surface area (Å²) in [5.74, 6) is 0.718. The Bertz CT molecular complexity index is 294. The zero-order valence-corrected chi connectivity index (χ0v) is 8.87. The van der Waals surface area contributed by atoms with Crippen LogP contribution in [0.3, 0.4) is 0 Å². The smallest absolute Gasteiger partial charge is 0.225 e. The summed E-state index contributed by atoms with van der Waals surface area (Å²) in [4.78, 5) is 11.4. The van der Waals surface area contributed by atoms with E-state index in [1.165, 1.54) is 0 Å². The predicted octanol–water partition coefficient (Wildman–Crippen LogP) is 0.579. The van der Waals surface area contributed by atoms with E-state index in [-0.39, 0.29) is 5.91 Å². The number of carbonyl (C=O) groups excluding carboxylic acids is 1. The van der Waals surface area contributed by atoms with Gasteiger partial charge in [-0.05, 0) is 12.8 Å². The van der Waals surface area contributed by atoms with Gasteiger partial charge in [0.05, 0.1) is 0 Å². The Kier molecular flexibility index (Phi) is 2.66. The first-order chi connectivity index (χ1) is 5.90. The van der Waals surface area contributed by atoms with Gasteiger partial charge in [-0.2, -0.15) is 0 Å². The minimum atomic E-state index is -2.38. The number of rotatable bonds is 1. The molecule has 1 heterocycles. The van der Waals surface area contributed by atoms with Crippen LogP contribution in [0.2, 0.25) is 0 Å². The topological polar surface area (TPSA) is 70.0 Å². The molecular weight excluding hydrogens is 188 g/mol. The van der Waals surface area contributed by atoms with E-state index in [4.69, 9.17) is 4.78 Å². The maximum absolute atomic E-state index is 11.4. The molecule has 0 radical (unpaired) electrons. The molecule has 0 spiro atoms. The molecule has 0 saturated carbocycles. The lowest BCUT2D eigenvalue weighted by Gasteiger charge is -2.32. The first-order valence-electron chi connectivity index (χ1n) is 4.36. The summed E-state index contributed by atoms with van der Waals surface area (Å²) in [5, 5.41) is 2.61. The third-order valence-corrected chi connectivity index (χ3v) is 4.47. The van der Waals surface area contributed by atoms with Crippen LogP contribution in [0.5, 0.6) is 0 Å². The summed E-state index contributed by atoms with van der Waals surface area (Å²) in [6, 6.07) is 0. The SMILES string of the molecule is CNC(=O)C1(C)CCS(=N)(=O)CC1. The van der Waals surface area contributed by atoms with Crippen molar-refractivity contribution in [1.82, 2.24) is 5.32 Å². The fraction of sp³-hybridized carbons (Fsp3) is 0.875. The van der Waals surface area contributed by atoms with E-state index in [0.29, 0.717) is 24.3 Å². The van der Waals surface area contributed by atoms with Gasteiger partial charge in [0.2, 0.25) is 5.91 Å². The third-order valence-electron chi connectivity index (χ3n) is 2.74. The third kappa shape index (κ3) is 2.21. The molecule has 1 aliphatic rings. The Labute approximate surface area is 79.1 Å². The standard InChI is InChI=1S/C8H16N2O2S/c1-8(7(11)10-2)3-5-13(9,12)6-4-8/h9H,3-6H2,1-2H3,(H,10,11). The van der Waals surface area contributed by atoms with Gasteiger partial charge in [0.25, 0.3) is 0 Å². The second kappa shape index (κ2) is 3.29. The lowest BCUT2D eigenvalue weighted by molar-refractivity contribution is -0.130. The molecule has 0 aliphatic carbocycles. The minimum absolute atomic E-state index is 0.00222. The van der Waals surface area contributed by atoms with Gasteiger partial charge in [-0.3, -0.25) is 9.57 Å². The van der Waals surface area contributed by atoms with Crippen LogP contribution in [0.25, 0.3) is 0 Å². The van der Waals surface area contributed by atoms with Gasteiger partial charge in [-0.15, -0.1) is 0 Å². The van der Waals surface area contributed by atoms with Crippen molar-refractivity contribution in [3.8, 4) is 0 Å². The van der Waals surface area contributed by atoms with E-state index in [1.54, 1.807) is 7.05 Å². The Balaban J connectivity index is 2.72. The molecule has 0 bridgehead atoms. The molecule has 1 aliphatic heterocycles. The highest BCUT2D eigenvalue weighted by molar-refractivity contribution is 7.92. The zero-order valence-electron chi connectivity index (χ0n) is 8.05. The number of amides is 1. The number of carbonyl (C=O) groups is 1. The molecule has 13 heavy (non-hydrogen) atoms. The zero-order chi connectivity index (χ0) is 10.1. The van der Waals surface area contributed by atoms with Gasteiger partial charge < -0.3 is 5.32 Å². The van der Waals surface area contributed by atoms with Gasteiger partial charge >= 0.3 is 0 Å². The molecule has 0 unspecified atom stereocenters. The minimum Gasteiger partial charge on any atom is -0.359 e. The number of nitrogens with one attached hydrogen (secondary N) is 2. The highest BCUT2D eigenvalue weighted by Crippen LogP contribution is 2.32. The average molecular weight is 204 g/mol. The van der Waals surface area contributed by atoms with Crippen molar-refractivity contribution in [3.05, 3.63) is 0 Å². The largest absolute Gasteiger partial charge is 0.359 e. The van der Waals surface area contributed by atoms with Crippen molar-refractivity contribution < 1.29 is 9.00 Å². The lowest BCUT2D eigenvalue weighted by atomic mass is 9.83. The van der Waals surface area contributed by atoms with Crippen molar-refractivity contribution in [2.45, 2.75) is 19.8 Å². The van der Waals surface area contributed by atoms with Crippen LogP contribution in [0, 0.1) is 10.2 Å². The monoisotopic (exact) mass is 204 g/mol. The first kappa shape index (κ1) is 10.5. The molecule has 0 aromatic rings. The first-order valence-corrected chi connectivity index (χ1v) is 6.26. The summed E-state index contributed by atoms with van der Waals surface area (Å²) >= 11 is 0. The maximum atomic E-state index is 11.4. The molecule has 76 valence electrons. The van der Waals surface area contributed by atoms with Crippen molar-refractivity contribution >= 4 is 15.6 Å². The van der Waals surface area contributed by atoms with Gasteiger partial charge in [-0.1, -0.05) is 6.92 Å². The van der Waals surface area contributed by atoms with Crippen molar-refractivity contribution in [2.75, 3.05) is 18.6 Å². The quantitative estimate of drug-likeness (QED) is 0.656. The van der Waals surface area contributed by atoms with Gasteiger partial charge in [0.1, 0.15) is 0 Å². The van der Waals surface area contributed by atoms with Crippen LogP contribution >= 0.6 is 0 Å². The Hall–Kier alpha value is -0.580. The molecule has 0 aromatic heterocycles. The van der Waals surface area contributed by atoms with Crippen LogP contribution in [-0.2, 0) is 14.5 Å². The van der Waals surface area contributed by atoms with Crippen molar-refractivity contribution in [1.29, 1.82) is 4.78 Å². The molecule has 5 heteroatoms. The van der Waals surface area contributed by atoms with Crippen molar-refractivity contribution in [3.63, 3.8) is 0 Å². The average Bonchev–Trinajstić information content (AvgIpc) is 2.09. The van der Waals surface area contributed by atoms with Crippen LogP contribution in [0.15, 0.2) is 0 Å². The van der Waals surface area contributed by atoms with Crippen LogP contribution in [0.4, 0.5) is 0 Å². The van der Waals surface area contributed by atoms with E-state index in [0.717, 1.165) is 0 Å². The molecule has 4 nitrogen and oxygen atoms in total. The Morgan fingerprint density at radius 3 is 2.31 bits per heavy atom. The molecule has 1 rings (SSSR count). The lowest BCUT2D eigenvalue weighted by Crippen LogP contribution is -2.42. The van der Waals surface area contributed by atoms with E-state index in [9.17, 15) is 9.00 Å². The highest BCUT2D eigenvalue weighted by Gasteiger charge is 2.37. The van der Waals surface area contributed by atoms with Crippen LogP contribution in [-0.4, -0.2) is 28.7 Å². The highest BCUT2D eigenvalue weighted by atomic mass is 32.2. The van der Waals surface area contributed by atoms with E-state index < -0.39 is 15.1 Å². The molecule has 0 aromatic carbocycles. The summed E-state index contributed by atoms with van der Waals surface area (Å²) in [7, 11) is -0.764. The van der Waals surface area contributed by atoms with Gasteiger partial charge in [0, 0.05) is 33.7 Å². The molecule has 1 fully saturated rings. The summed E-state index contributed by atoms with van der Waals surface area (Å²) < 4.78 is 18.7. The van der Waals surface area contributed by atoms with E-state index in [1.807, 2.05) is 6.92 Å². The summed E-state index contributed by atoms with van der Waals surface area (Å²) in [5.41, 5.74) is -0.406. The molecule has 1 saturated heterocycles. The van der Waals surface area contributed by atoms with Gasteiger partial charge in [0.15, 0.2) is 0 Å². The molecule has 1 amide bonds. The fourth-order valence-corrected chi connectivity index (χ4v) is 3.30. The molecule has 2 N–H and O–H groups in total. The fourth-order valence-electron chi connectivity index (χ4n) is 1.54. The number of hydrogen-bond donors (Lipinski definition) is 2. The van der Waals surface area contributed by atoms with Crippen molar-refractivity contribution in [2.24, 2.45) is 5.41 Å². The van der Waals surface area contributed by atoms with Crippen LogP contribution in [0.1, 0.15) is 19.8 Å². The second-order valence-electron chi connectivity index (χ2n) is 3.86. The summed E-state index contributed by atoms with van der Waals surface area (Å²) in [6.07, 6.45) is 1.13. The Morgan fingerprint density at radius 2 is 1.92 bits per heavy atom. The molecular formula is C8H16N2O2S. The molecule has 0 atom stereocenters. The second-order valence-corrected chi connectivity index (χ2v) is 6.30. The summed E-state index contributed by atoms with van der Waals surface area (Å²) in [6.45, 7) is 1.88. The van der Waals surface area contributed by atoms with Crippen LogP contribution < -0.4 is 5.32 Å². The normalized spacial score (nSPS) is 39.8. The van der Waals surface area contributed by atoms with Gasteiger partial charge in [-0.25, -0.2) is 4.21 Å².